The summed E-state index contributed by atoms with van der Waals surface area (Å²) >= 11 is 1.70. The monoisotopic (exact) mass is 659 g/mol. The number of carbonyl (C=O) groups is 2. The van der Waals surface area contributed by atoms with Gasteiger partial charge in [0.15, 0.2) is 6.29 Å². The summed E-state index contributed by atoms with van der Waals surface area (Å²) in [5.41, 5.74) is 7.13. The second kappa shape index (κ2) is 15.9. The Hall–Kier alpha value is -4.80. The highest BCUT2D eigenvalue weighted by molar-refractivity contribution is 7.99. The number of aliphatic hydroxyl groups is 1. The molecular weight excluding hydrogens is 623 g/mol. The Labute approximate surface area is 284 Å². The van der Waals surface area contributed by atoms with Crippen molar-refractivity contribution in [1.29, 1.82) is 0 Å². The first-order chi connectivity index (χ1) is 23.4. The van der Waals surface area contributed by atoms with Crippen LogP contribution in [0.15, 0.2) is 126 Å². The lowest BCUT2D eigenvalue weighted by molar-refractivity contribution is -0.245. The maximum Gasteiger partial charge on any atom is 0.253 e. The molecule has 1 fully saturated rings. The number of rotatable bonds is 11. The minimum Gasteiger partial charge on any atom is -0.392 e. The number of carbonyl (C=O) groups excluding carboxylic acids is 2. The van der Waals surface area contributed by atoms with E-state index in [2.05, 4.69) is 33.8 Å². The van der Waals surface area contributed by atoms with Crippen LogP contribution in [0, 0.1) is 0 Å². The normalized spacial score (nSPS) is 17.4. The number of anilines is 1. The van der Waals surface area contributed by atoms with E-state index >= 15 is 0 Å². The molecule has 1 aliphatic heterocycles. The maximum atomic E-state index is 12.6. The molecule has 4 aromatic carbocycles. The van der Waals surface area contributed by atoms with E-state index in [0.717, 1.165) is 49.7 Å². The van der Waals surface area contributed by atoms with Gasteiger partial charge in [-0.05, 0) is 64.2 Å². The summed E-state index contributed by atoms with van der Waals surface area (Å²) < 4.78 is 13.1. The fourth-order valence-corrected chi connectivity index (χ4v) is 6.52. The van der Waals surface area contributed by atoms with Crippen LogP contribution in [0.3, 0.4) is 0 Å². The molecule has 3 atom stereocenters. The van der Waals surface area contributed by atoms with Crippen LogP contribution in [0.2, 0.25) is 0 Å². The molecule has 0 bridgehead atoms. The third-order valence-corrected chi connectivity index (χ3v) is 9.24. The first-order valence-corrected chi connectivity index (χ1v) is 16.8. The number of aromatic nitrogens is 1. The van der Waals surface area contributed by atoms with Crippen molar-refractivity contribution in [3.8, 4) is 11.1 Å². The van der Waals surface area contributed by atoms with Crippen molar-refractivity contribution in [1.82, 2.24) is 10.3 Å². The molecule has 244 valence electrons. The molecule has 2 heterocycles. The van der Waals surface area contributed by atoms with Crippen molar-refractivity contribution < 1.29 is 24.2 Å². The summed E-state index contributed by atoms with van der Waals surface area (Å²) in [6.45, 7) is 1.87. The molecule has 48 heavy (non-hydrogen) atoms. The Kier molecular flexibility index (Phi) is 10.9. The molecule has 0 spiro atoms. The number of benzene rings is 4. The number of hydrogen-bond donors (Lipinski definition) is 3. The van der Waals surface area contributed by atoms with Gasteiger partial charge in [-0.1, -0.05) is 72.8 Å². The van der Waals surface area contributed by atoms with E-state index in [1.165, 1.54) is 6.92 Å². The van der Waals surface area contributed by atoms with Gasteiger partial charge in [0, 0.05) is 54.2 Å². The number of aliphatic hydroxyl groups excluding tert-OH is 1. The smallest absolute Gasteiger partial charge is 0.253 e. The predicted molar refractivity (Wildman–Crippen MR) is 187 cm³/mol. The Morgan fingerprint density at radius 1 is 0.875 bits per heavy atom. The standard InChI is InChI=1S/C39H37N3O5S/c1-26(44)42-33-16-18-35(19-17-33)48-25-34-21-37(29-10-8-27(24-43)9-11-29)47-39(46-34)30-14-12-28(13-15-30)36-7-3-2-5-31(36)23-41-38(45)32-6-4-20-40-22-32/h2-20,22,34,37,39,43H,21,23-25H2,1H3,(H,41,45)(H,42,44). The summed E-state index contributed by atoms with van der Waals surface area (Å²) in [6.07, 6.45) is 3.03. The Balaban J connectivity index is 1.17. The summed E-state index contributed by atoms with van der Waals surface area (Å²) in [5, 5.41) is 15.3. The summed E-state index contributed by atoms with van der Waals surface area (Å²) in [5.74, 6) is 0.452. The van der Waals surface area contributed by atoms with Crippen LogP contribution in [-0.4, -0.2) is 33.8 Å². The Morgan fingerprint density at radius 2 is 1.62 bits per heavy atom. The second-order valence-electron chi connectivity index (χ2n) is 11.6. The molecule has 0 aliphatic carbocycles. The molecule has 3 N–H and O–H groups in total. The largest absolute Gasteiger partial charge is 0.392 e. The van der Waals surface area contributed by atoms with E-state index < -0.39 is 6.29 Å². The lowest BCUT2D eigenvalue weighted by Crippen LogP contribution is -2.31. The van der Waals surface area contributed by atoms with Crippen molar-refractivity contribution in [3.05, 3.63) is 149 Å². The SMILES string of the molecule is CC(=O)Nc1ccc(SCC2CC(c3ccc(CO)cc3)OC(c3ccc(-c4ccccc4CNC(=O)c4cccnc4)cc3)O2)cc1. The van der Waals surface area contributed by atoms with E-state index in [1.54, 1.807) is 36.3 Å². The van der Waals surface area contributed by atoms with Gasteiger partial charge < -0.3 is 25.2 Å². The number of amides is 2. The van der Waals surface area contributed by atoms with Gasteiger partial charge >= 0.3 is 0 Å². The number of nitrogens with one attached hydrogen (secondary N) is 2. The molecule has 0 radical (unpaired) electrons. The summed E-state index contributed by atoms with van der Waals surface area (Å²) in [4.78, 5) is 29.2. The zero-order valence-electron chi connectivity index (χ0n) is 26.5. The van der Waals surface area contributed by atoms with Crippen LogP contribution in [-0.2, 0) is 27.4 Å². The van der Waals surface area contributed by atoms with Gasteiger partial charge in [-0.25, -0.2) is 0 Å². The van der Waals surface area contributed by atoms with E-state index in [9.17, 15) is 14.7 Å². The van der Waals surface area contributed by atoms with E-state index in [4.69, 9.17) is 9.47 Å². The van der Waals surface area contributed by atoms with Gasteiger partial charge in [0.2, 0.25) is 5.91 Å². The number of pyridine rings is 1. The van der Waals surface area contributed by atoms with Crippen molar-refractivity contribution >= 4 is 29.3 Å². The average Bonchev–Trinajstić information content (AvgIpc) is 3.14. The molecule has 1 aliphatic rings. The molecular formula is C39H37N3O5S. The number of hydrogen-bond acceptors (Lipinski definition) is 7. The molecule has 3 unspecified atom stereocenters. The molecule has 5 aromatic rings. The van der Waals surface area contributed by atoms with Crippen LogP contribution >= 0.6 is 11.8 Å². The van der Waals surface area contributed by atoms with E-state index in [-0.39, 0.29) is 30.6 Å². The van der Waals surface area contributed by atoms with Crippen LogP contribution in [0.5, 0.6) is 0 Å². The van der Waals surface area contributed by atoms with Crippen LogP contribution in [0.4, 0.5) is 5.69 Å². The maximum absolute atomic E-state index is 12.6. The topological polar surface area (TPSA) is 110 Å². The molecule has 2 amide bonds. The lowest BCUT2D eigenvalue weighted by atomic mass is 9.97. The fraction of sp³-hybridized carbons (Fsp3) is 0.205. The molecule has 8 nitrogen and oxygen atoms in total. The highest BCUT2D eigenvalue weighted by Crippen LogP contribution is 2.40. The third kappa shape index (κ3) is 8.56. The van der Waals surface area contributed by atoms with Gasteiger partial charge in [-0.3, -0.25) is 14.6 Å². The lowest BCUT2D eigenvalue weighted by Gasteiger charge is -2.36. The molecule has 6 rings (SSSR count). The minimum absolute atomic E-state index is 0.0100. The highest BCUT2D eigenvalue weighted by Gasteiger charge is 2.32. The second-order valence-corrected chi connectivity index (χ2v) is 12.7. The van der Waals surface area contributed by atoms with Gasteiger partial charge in [0.05, 0.1) is 24.4 Å². The fourth-order valence-electron chi connectivity index (χ4n) is 5.60. The molecule has 1 aromatic heterocycles. The number of thioether (sulfide) groups is 1. The first-order valence-electron chi connectivity index (χ1n) is 15.8. The van der Waals surface area contributed by atoms with Gasteiger partial charge in [-0.15, -0.1) is 11.8 Å². The van der Waals surface area contributed by atoms with Crippen molar-refractivity contribution in [3.63, 3.8) is 0 Å². The predicted octanol–water partition coefficient (Wildman–Crippen LogP) is 7.47. The molecule has 0 saturated carbocycles. The zero-order chi connectivity index (χ0) is 33.3. The molecule has 9 heteroatoms. The summed E-state index contributed by atoms with van der Waals surface area (Å²) in [6, 6.07) is 35.4. The Bertz CT molecular complexity index is 1820. The van der Waals surface area contributed by atoms with Crippen LogP contribution < -0.4 is 10.6 Å². The van der Waals surface area contributed by atoms with Gasteiger partial charge in [0.1, 0.15) is 0 Å². The van der Waals surface area contributed by atoms with Crippen molar-refractivity contribution in [2.24, 2.45) is 0 Å². The number of ether oxygens (including phenoxy) is 2. The quantitative estimate of drug-likeness (QED) is 0.126. The van der Waals surface area contributed by atoms with Crippen molar-refractivity contribution in [2.45, 2.75) is 49.9 Å². The first kappa shape index (κ1) is 33.1. The van der Waals surface area contributed by atoms with Crippen LogP contribution in [0.25, 0.3) is 11.1 Å². The van der Waals surface area contributed by atoms with Crippen LogP contribution in [0.1, 0.15) is 58.4 Å². The highest BCUT2D eigenvalue weighted by atomic mass is 32.2. The number of nitrogens with zero attached hydrogens (tertiary/aromatic N) is 1. The van der Waals surface area contributed by atoms with Crippen molar-refractivity contribution in [2.75, 3.05) is 11.1 Å². The minimum atomic E-state index is -0.572. The third-order valence-electron chi connectivity index (χ3n) is 8.10. The van der Waals surface area contributed by atoms with Gasteiger partial charge in [0.25, 0.3) is 5.91 Å². The average molecular weight is 660 g/mol. The zero-order valence-corrected chi connectivity index (χ0v) is 27.4. The van der Waals surface area contributed by atoms with Gasteiger partial charge in [-0.2, -0.15) is 0 Å². The molecule has 1 saturated heterocycles. The van der Waals surface area contributed by atoms with E-state index in [0.29, 0.717) is 18.5 Å². The Morgan fingerprint density at radius 3 is 2.33 bits per heavy atom. The van der Waals surface area contributed by atoms with E-state index in [1.807, 2.05) is 78.9 Å². The summed E-state index contributed by atoms with van der Waals surface area (Å²) in [7, 11) is 0.